The molecule has 0 aromatic heterocycles. The van der Waals surface area contributed by atoms with E-state index < -0.39 is 4.92 Å². The molecule has 3 rings (SSSR count). The minimum atomic E-state index is -0.398. The van der Waals surface area contributed by atoms with Crippen LogP contribution in [0.25, 0.3) is 0 Å². The number of nitro groups is 1. The van der Waals surface area contributed by atoms with Gasteiger partial charge in [-0.05, 0) is 11.6 Å². The normalized spacial score (nSPS) is 15.0. The van der Waals surface area contributed by atoms with E-state index in [9.17, 15) is 10.1 Å². The molecule has 2 aromatic rings. The highest BCUT2D eigenvalue weighted by Crippen LogP contribution is 2.18. The molecule has 0 N–H and O–H groups in total. The van der Waals surface area contributed by atoms with E-state index in [4.69, 9.17) is 11.6 Å². The van der Waals surface area contributed by atoms with E-state index in [1.54, 1.807) is 12.3 Å². The maximum absolute atomic E-state index is 10.8. The SMILES string of the molecule is Cl.O=[N+]([O-])c1cccc(/C=N/N2CCN(Cc3ccccc3Cl)CC2)c1. The fourth-order valence-corrected chi connectivity index (χ4v) is 2.94. The zero-order chi connectivity index (χ0) is 17.6. The van der Waals surface area contributed by atoms with Crippen molar-refractivity contribution in [2.24, 2.45) is 5.10 Å². The fraction of sp³-hybridized carbons (Fsp3) is 0.278. The summed E-state index contributed by atoms with van der Waals surface area (Å²) < 4.78 is 0. The van der Waals surface area contributed by atoms with E-state index in [0.29, 0.717) is 0 Å². The van der Waals surface area contributed by atoms with Gasteiger partial charge in [0.25, 0.3) is 5.69 Å². The van der Waals surface area contributed by atoms with Gasteiger partial charge in [0.05, 0.1) is 11.1 Å². The summed E-state index contributed by atoms with van der Waals surface area (Å²) in [5.74, 6) is 0. The number of non-ortho nitro benzene ring substituents is 1. The molecule has 26 heavy (non-hydrogen) atoms. The summed E-state index contributed by atoms with van der Waals surface area (Å²) in [6.07, 6.45) is 1.68. The molecule has 1 fully saturated rings. The number of hydrazone groups is 1. The molecule has 0 amide bonds. The molecule has 6 nitrogen and oxygen atoms in total. The number of nitrogens with zero attached hydrogens (tertiary/aromatic N) is 4. The van der Waals surface area contributed by atoms with Crippen LogP contribution in [0.1, 0.15) is 11.1 Å². The lowest BCUT2D eigenvalue weighted by atomic mass is 10.2. The summed E-state index contributed by atoms with van der Waals surface area (Å²) in [7, 11) is 0. The number of nitro benzene ring substituents is 1. The average molecular weight is 395 g/mol. The summed E-state index contributed by atoms with van der Waals surface area (Å²) in [5, 5.41) is 18.0. The second-order valence-electron chi connectivity index (χ2n) is 5.92. The molecular weight excluding hydrogens is 375 g/mol. The molecule has 0 saturated carbocycles. The third kappa shape index (κ3) is 5.42. The van der Waals surface area contributed by atoms with Crippen molar-refractivity contribution in [1.29, 1.82) is 0 Å². The summed E-state index contributed by atoms with van der Waals surface area (Å²) in [5.41, 5.74) is 1.94. The number of piperazine rings is 1. The van der Waals surface area contributed by atoms with Crippen LogP contribution in [-0.4, -0.2) is 47.2 Å². The Labute approximate surface area is 163 Å². The highest BCUT2D eigenvalue weighted by atomic mass is 35.5. The van der Waals surface area contributed by atoms with Gasteiger partial charge in [0.15, 0.2) is 0 Å². The molecule has 0 atom stereocenters. The molecule has 1 saturated heterocycles. The van der Waals surface area contributed by atoms with Crippen molar-refractivity contribution in [3.63, 3.8) is 0 Å². The Balaban J connectivity index is 0.00000243. The number of hydrogen-bond donors (Lipinski definition) is 0. The topological polar surface area (TPSA) is 62.0 Å². The molecule has 2 aromatic carbocycles. The third-order valence-corrected chi connectivity index (χ3v) is 4.52. The zero-order valence-electron chi connectivity index (χ0n) is 14.1. The van der Waals surface area contributed by atoms with Crippen LogP contribution in [0.15, 0.2) is 53.6 Å². The van der Waals surface area contributed by atoms with Crippen molar-refractivity contribution in [2.75, 3.05) is 26.2 Å². The molecule has 0 bridgehead atoms. The van der Waals surface area contributed by atoms with Crippen LogP contribution in [0, 0.1) is 10.1 Å². The van der Waals surface area contributed by atoms with Crippen LogP contribution in [0.3, 0.4) is 0 Å². The van der Waals surface area contributed by atoms with Gasteiger partial charge in [-0.25, -0.2) is 0 Å². The minimum absolute atomic E-state index is 0. The van der Waals surface area contributed by atoms with Crippen molar-refractivity contribution in [3.8, 4) is 0 Å². The van der Waals surface area contributed by atoms with E-state index in [2.05, 4.69) is 16.1 Å². The first kappa shape index (κ1) is 20.2. The smallest absolute Gasteiger partial charge is 0.270 e. The molecule has 138 valence electrons. The number of halogens is 2. The fourth-order valence-electron chi connectivity index (χ4n) is 2.75. The van der Waals surface area contributed by atoms with Gasteiger partial charge in [0.1, 0.15) is 0 Å². The van der Waals surface area contributed by atoms with Crippen molar-refractivity contribution in [1.82, 2.24) is 9.91 Å². The average Bonchev–Trinajstić information content (AvgIpc) is 2.63. The van der Waals surface area contributed by atoms with Gasteiger partial charge < -0.3 is 0 Å². The first-order valence-corrected chi connectivity index (χ1v) is 8.49. The number of benzene rings is 2. The molecule has 0 spiro atoms. The number of rotatable bonds is 5. The van der Waals surface area contributed by atoms with Crippen LogP contribution in [0.4, 0.5) is 5.69 Å². The lowest BCUT2D eigenvalue weighted by Gasteiger charge is -2.33. The predicted molar refractivity (Wildman–Crippen MR) is 106 cm³/mol. The summed E-state index contributed by atoms with van der Waals surface area (Å²) in [6.45, 7) is 4.27. The van der Waals surface area contributed by atoms with Crippen LogP contribution in [-0.2, 0) is 6.54 Å². The molecular formula is C18H20Cl2N4O2. The first-order valence-electron chi connectivity index (χ1n) is 8.11. The Morgan fingerprint density at radius 3 is 2.54 bits per heavy atom. The monoisotopic (exact) mass is 394 g/mol. The van der Waals surface area contributed by atoms with Gasteiger partial charge >= 0.3 is 0 Å². The van der Waals surface area contributed by atoms with E-state index in [0.717, 1.165) is 48.9 Å². The van der Waals surface area contributed by atoms with Gasteiger partial charge in [-0.15, -0.1) is 12.4 Å². The van der Waals surface area contributed by atoms with E-state index in [1.165, 1.54) is 12.1 Å². The second-order valence-corrected chi connectivity index (χ2v) is 6.33. The Bertz CT molecular complexity index is 777. The van der Waals surface area contributed by atoms with Crippen molar-refractivity contribution in [2.45, 2.75) is 6.54 Å². The van der Waals surface area contributed by atoms with E-state index in [-0.39, 0.29) is 18.1 Å². The van der Waals surface area contributed by atoms with Gasteiger partial charge in [0.2, 0.25) is 0 Å². The van der Waals surface area contributed by atoms with E-state index in [1.807, 2.05) is 29.3 Å². The maximum Gasteiger partial charge on any atom is 0.270 e. The van der Waals surface area contributed by atoms with Gasteiger partial charge in [0, 0.05) is 55.4 Å². The lowest BCUT2D eigenvalue weighted by molar-refractivity contribution is -0.384. The van der Waals surface area contributed by atoms with Crippen molar-refractivity contribution < 1.29 is 4.92 Å². The highest BCUT2D eigenvalue weighted by molar-refractivity contribution is 6.31. The Morgan fingerprint density at radius 2 is 1.85 bits per heavy atom. The molecule has 0 unspecified atom stereocenters. The summed E-state index contributed by atoms with van der Waals surface area (Å²) >= 11 is 6.22. The quantitative estimate of drug-likeness (QED) is 0.439. The lowest BCUT2D eigenvalue weighted by Crippen LogP contribution is -2.43. The molecule has 8 heteroatoms. The zero-order valence-corrected chi connectivity index (χ0v) is 15.7. The van der Waals surface area contributed by atoms with Gasteiger partial charge in [-0.1, -0.05) is 41.9 Å². The van der Waals surface area contributed by atoms with Crippen molar-refractivity contribution >= 4 is 35.9 Å². The van der Waals surface area contributed by atoms with Crippen LogP contribution in [0.2, 0.25) is 5.02 Å². The summed E-state index contributed by atoms with van der Waals surface area (Å²) in [6, 6.07) is 14.4. The van der Waals surface area contributed by atoms with Crippen molar-refractivity contribution in [3.05, 3.63) is 74.8 Å². The first-order chi connectivity index (χ1) is 12.1. The molecule has 1 aliphatic rings. The Morgan fingerprint density at radius 1 is 1.12 bits per heavy atom. The molecule has 0 aliphatic carbocycles. The standard InChI is InChI=1S/C18H19ClN4O2.ClH/c19-18-7-2-1-5-16(18)14-21-8-10-22(11-9-21)20-13-15-4-3-6-17(12-15)23(24)25;/h1-7,12-13H,8-11,14H2;1H/b20-13+;. The highest BCUT2D eigenvalue weighted by Gasteiger charge is 2.16. The Kier molecular flexibility index (Phi) is 7.38. The van der Waals surface area contributed by atoms with Gasteiger partial charge in [-0.3, -0.25) is 20.0 Å². The molecule has 1 aliphatic heterocycles. The molecule has 1 heterocycles. The van der Waals surface area contributed by atoms with Crippen LogP contribution >= 0.6 is 24.0 Å². The third-order valence-electron chi connectivity index (χ3n) is 4.15. The number of hydrogen-bond acceptors (Lipinski definition) is 5. The predicted octanol–water partition coefficient (Wildman–Crippen LogP) is 3.82. The maximum atomic E-state index is 10.8. The van der Waals surface area contributed by atoms with Crippen LogP contribution < -0.4 is 0 Å². The van der Waals surface area contributed by atoms with E-state index >= 15 is 0 Å². The van der Waals surface area contributed by atoms with Crippen LogP contribution in [0.5, 0.6) is 0 Å². The largest absolute Gasteiger partial charge is 0.295 e. The summed E-state index contributed by atoms with van der Waals surface area (Å²) in [4.78, 5) is 12.8. The Hall–Kier alpha value is -2.15. The minimum Gasteiger partial charge on any atom is -0.295 e. The second kappa shape index (κ2) is 9.52. The molecule has 0 radical (unpaired) electrons. The van der Waals surface area contributed by atoms with Gasteiger partial charge in [-0.2, -0.15) is 5.10 Å².